The van der Waals surface area contributed by atoms with E-state index >= 15 is 0 Å². The van der Waals surface area contributed by atoms with E-state index in [1.807, 2.05) is 17.2 Å². The lowest BCUT2D eigenvalue weighted by Crippen LogP contribution is -2.41. The number of rotatable bonds is 8. The molecule has 2 aliphatic heterocycles. The minimum absolute atomic E-state index is 0. The largest absolute Gasteiger partial charge is 0.375 e. The number of aromatic nitrogens is 1. The number of halogens is 1. The van der Waals surface area contributed by atoms with Crippen molar-refractivity contribution < 1.29 is 9.53 Å². The summed E-state index contributed by atoms with van der Waals surface area (Å²) in [7, 11) is 0. The summed E-state index contributed by atoms with van der Waals surface area (Å²) in [5, 5.41) is 6.66. The molecule has 8 nitrogen and oxygen atoms in total. The highest BCUT2D eigenvalue weighted by molar-refractivity contribution is 14.0. The zero-order valence-electron chi connectivity index (χ0n) is 18.1. The molecule has 1 aromatic heterocycles. The van der Waals surface area contributed by atoms with Crippen LogP contribution in [-0.4, -0.2) is 73.7 Å². The quantitative estimate of drug-likeness (QED) is 0.232. The lowest BCUT2D eigenvalue weighted by atomic mass is 10.2. The summed E-state index contributed by atoms with van der Waals surface area (Å²) in [5.41, 5.74) is 1.13. The Morgan fingerprint density at radius 2 is 2.23 bits per heavy atom. The number of anilines is 1. The van der Waals surface area contributed by atoms with Crippen molar-refractivity contribution in [1.82, 2.24) is 20.5 Å². The first kappa shape index (κ1) is 24.6. The highest BCUT2D eigenvalue weighted by Crippen LogP contribution is 2.17. The van der Waals surface area contributed by atoms with E-state index in [9.17, 15) is 4.79 Å². The molecule has 1 atom stereocenters. The molecule has 1 unspecified atom stereocenters. The van der Waals surface area contributed by atoms with Crippen LogP contribution in [0.15, 0.2) is 23.3 Å². The maximum Gasteiger partial charge on any atom is 0.222 e. The molecule has 1 aromatic rings. The number of nitrogens with zero attached hydrogens (tertiary/aromatic N) is 4. The van der Waals surface area contributed by atoms with Crippen molar-refractivity contribution in [2.45, 2.75) is 45.8 Å². The molecule has 2 N–H and O–H groups in total. The van der Waals surface area contributed by atoms with Gasteiger partial charge in [0, 0.05) is 51.9 Å². The third kappa shape index (κ3) is 7.57. The summed E-state index contributed by atoms with van der Waals surface area (Å²) in [6.45, 7) is 10.5. The maximum absolute atomic E-state index is 11.7. The number of hydrogen-bond acceptors (Lipinski definition) is 5. The predicted octanol–water partition coefficient (Wildman–Crippen LogP) is 1.99. The second kappa shape index (κ2) is 12.9. The fourth-order valence-corrected chi connectivity index (χ4v) is 3.69. The number of amides is 1. The van der Waals surface area contributed by atoms with Gasteiger partial charge in [-0.05, 0) is 44.4 Å². The fraction of sp³-hybridized carbons (Fsp3) is 0.667. The average molecular weight is 530 g/mol. The van der Waals surface area contributed by atoms with E-state index < -0.39 is 0 Å². The molecule has 0 aromatic carbocycles. The second-order valence-corrected chi connectivity index (χ2v) is 7.61. The minimum Gasteiger partial charge on any atom is -0.375 e. The van der Waals surface area contributed by atoms with Crippen LogP contribution in [0.5, 0.6) is 0 Å². The Bertz CT molecular complexity index is 702. The summed E-state index contributed by atoms with van der Waals surface area (Å²) in [6.07, 6.45) is 4.70. The van der Waals surface area contributed by atoms with Crippen LogP contribution >= 0.6 is 24.0 Å². The van der Waals surface area contributed by atoms with E-state index in [1.165, 1.54) is 0 Å². The number of aliphatic imine (C=N–C) groups is 1. The Hall–Kier alpha value is -1.62. The Labute approximate surface area is 196 Å². The van der Waals surface area contributed by atoms with Gasteiger partial charge < -0.3 is 25.2 Å². The van der Waals surface area contributed by atoms with Gasteiger partial charge in [0.15, 0.2) is 5.96 Å². The lowest BCUT2D eigenvalue weighted by molar-refractivity contribution is -0.127. The standard InChI is InChI=1S/C21H34N6O2.HI/c1-3-22-21(24-8-5-11-26-10-4-6-20(26)28)25-15-18-7-9-23-19(14-18)27-12-13-29-17(2)16-27;/h7,9,14,17H,3-6,8,10-13,15-16H2,1-2H3,(H2,22,24,25);1H. The minimum atomic E-state index is 0. The number of carbonyl (C=O) groups is 1. The van der Waals surface area contributed by atoms with Gasteiger partial charge in [0.1, 0.15) is 5.82 Å². The number of carbonyl (C=O) groups excluding carboxylic acids is 1. The highest BCUT2D eigenvalue weighted by atomic mass is 127. The first-order valence-corrected chi connectivity index (χ1v) is 10.8. The van der Waals surface area contributed by atoms with Gasteiger partial charge in [-0.15, -0.1) is 24.0 Å². The van der Waals surface area contributed by atoms with Crippen LogP contribution in [0.25, 0.3) is 0 Å². The van der Waals surface area contributed by atoms with Crippen LogP contribution < -0.4 is 15.5 Å². The topological polar surface area (TPSA) is 82.1 Å². The molecule has 2 aliphatic rings. The molecule has 0 aliphatic carbocycles. The number of hydrogen-bond donors (Lipinski definition) is 2. The van der Waals surface area contributed by atoms with E-state index in [0.717, 1.165) is 76.1 Å². The Morgan fingerprint density at radius 3 is 2.97 bits per heavy atom. The van der Waals surface area contributed by atoms with Crippen molar-refractivity contribution in [2.75, 3.05) is 50.8 Å². The zero-order valence-corrected chi connectivity index (χ0v) is 20.4. The van der Waals surface area contributed by atoms with Crippen LogP contribution in [0.4, 0.5) is 5.82 Å². The van der Waals surface area contributed by atoms with Crippen LogP contribution in [0.1, 0.15) is 38.7 Å². The summed E-state index contributed by atoms with van der Waals surface area (Å²) in [4.78, 5) is 25.1. The molecular weight excluding hydrogens is 495 g/mol. The molecule has 9 heteroatoms. The predicted molar refractivity (Wildman–Crippen MR) is 131 cm³/mol. The van der Waals surface area contributed by atoms with Crippen LogP contribution in [0.3, 0.4) is 0 Å². The molecule has 30 heavy (non-hydrogen) atoms. The van der Waals surface area contributed by atoms with Gasteiger partial charge in [-0.2, -0.15) is 0 Å². The molecule has 2 saturated heterocycles. The first-order valence-electron chi connectivity index (χ1n) is 10.8. The normalized spacial score (nSPS) is 19.6. The van der Waals surface area contributed by atoms with Crippen LogP contribution in [0, 0.1) is 0 Å². The van der Waals surface area contributed by atoms with E-state index in [-0.39, 0.29) is 36.0 Å². The van der Waals surface area contributed by atoms with Gasteiger partial charge in [-0.25, -0.2) is 9.98 Å². The van der Waals surface area contributed by atoms with Crippen molar-refractivity contribution in [1.29, 1.82) is 0 Å². The third-order valence-corrected chi connectivity index (χ3v) is 5.21. The zero-order chi connectivity index (χ0) is 20.5. The molecule has 0 radical (unpaired) electrons. The molecule has 2 fully saturated rings. The van der Waals surface area contributed by atoms with E-state index in [4.69, 9.17) is 9.73 Å². The molecule has 3 heterocycles. The third-order valence-electron chi connectivity index (χ3n) is 5.21. The molecule has 168 valence electrons. The van der Waals surface area contributed by atoms with Gasteiger partial charge in [0.05, 0.1) is 19.3 Å². The second-order valence-electron chi connectivity index (χ2n) is 7.61. The fourth-order valence-electron chi connectivity index (χ4n) is 3.69. The average Bonchev–Trinajstić information content (AvgIpc) is 3.14. The molecule has 1 amide bonds. The van der Waals surface area contributed by atoms with Gasteiger partial charge in [-0.1, -0.05) is 0 Å². The summed E-state index contributed by atoms with van der Waals surface area (Å²) in [5.74, 6) is 2.08. The summed E-state index contributed by atoms with van der Waals surface area (Å²) >= 11 is 0. The highest BCUT2D eigenvalue weighted by Gasteiger charge is 2.19. The van der Waals surface area contributed by atoms with E-state index in [1.54, 1.807) is 0 Å². The Morgan fingerprint density at radius 1 is 1.37 bits per heavy atom. The van der Waals surface area contributed by atoms with Crippen LogP contribution in [-0.2, 0) is 16.1 Å². The van der Waals surface area contributed by atoms with E-state index in [0.29, 0.717) is 13.0 Å². The molecule has 0 saturated carbocycles. The monoisotopic (exact) mass is 530 g/mol. The van der Waals surface area contributed by atoms with Crippen molar-refractivity contribution in [3.05, 3.63) is 23.9 Å². The number of ether oxygens (including phenoxy) is 1. The van der Waals surface area contributed by atoms with Gasteiger partial charge in [0.2, 0.25) is 5.91 Å². The van der Waals surface area contributed by atoms with Crippen molar-refractivity contribution in [3.8, 4) is 0 Å². The lowest BCUT2D eigenvalue weighted by Gasteiger charge is -2.32. The molecule has 3 rings (SSSR count). The Balaban J connectivity index is 0.00000320. The summed E-state index contributed by atoms with van der Waals surface area (Å²) < 4.78 is 5.62. The summed E-state index contributed by atoms with van der Waals surface area (Å²) in [6, 6.07) is 4.13. The number of nitrogens with one attached hydrogen (secondary N) is 2. The van der Waals surface area contributed by atoms with Crippen LogP contribution in [0.2, 0.25) is 0 Å². The molecule has 0 bridgehead atoms. The van der Waals surface area contributed by atoms with Crippen molar-refractivity contribution in [2.24, 2.45) is 4.99 Å². The number of likely N-dealkylation sites (tertiary alicyclic amines) is 1. The molecule has 0 spiro atoms. The first-order chi connectivity index (χ1) is 14.2. The number of pyridine rings is 1. The van der Waals surface area contributed by atoms with Gasteiger partial charge in [0.25, 0.3) is 0 Å². The SMILES string of the molecule is CCNC(=NCc1ccnc(N2CCOC(C)C2)c1)NCCCN1CCCC1=O.I. The number of morpholine rings is 1. The number of guanidine groups is 1. The van der Waals surface area contributed by atoms with Crippen molar-refractivity contribution in [3.63, 3.8) is 0 Å². The Kier molecular flexibility index (Phi) is 10.6. The van der Waals surface area contributed by atoms with Gasteiger partial charge in [-0.3, -0.25) is 4.79 Å². The van der Waals surface area contributed by atoms with E-state index in [2.05, 4.69) is 40.4 Å². The smallest absolute Gasteiger partial charge is 0.222 e. The van der Waals surface area contributed by atoms with Gasteiger partial charge >= 0.3 is 0 Å². The maximum atomic E-state index is 11.7. The van der Waals surface area contributed by atoms with Crippen molar-refractivity contribution >= 4 is 41.7 Å². The molecular formula is C21H35IN6O2.